The molecule has 0 bridgehead atoms. The lowest BCUT2D eigenvalue weighted by Crippen LogP contribution is -2.61. The van der Waals surface area contributed by atoms with Crippen LogP contribution >= 0.6 is 0 Å². The van der Waals surface area contributed by atoms with E-state index in [1.807, 2.05) is 37.3 Å². The van der Waals surface area contributed by atoms with E-state index in [1.165, 1.54) is 48.6 Å². The number of hydrogen-bond acceptors (Lipinski definition) is 12. The summed E-state index contributed by atoms with van der Waals surface area (Å²) in [5.74, 6) is -6.80. The number of carbonyl (C=O) groups excluding carboxylic acids is 9. The zero-order valence-electron chi connectivity index (χ0n) is 40.7. The third-order valence-corrected chi connectivity index (χ3v) is 12.8. The van der Waals surface area contributed by atoms with Crippen LogP contribution in [0.25, 0.3) is 10.9 Å². The molecule has 0 saturated carbocycles. The van der Waals surface area contributed by atoms with Crippen molar-refractivity contribution in [2.75, 3.05) is 13.1 Å². The number of para-hydroxylation sites is 1. The average Bonchev–Trinajstić information content (AvgIpc) is 4.15. The summed E-state index contributed by atoms with van der Waals surface area (Å²) < 4.78 is 0. The standard InChI is InChI=1S/C49H63N13O11/c1-3-4-11-36(54-28(2)63)44(66)58-39-25-42(64)52-19-8-7-13-35(43(50)65)56-45(67)37(23-31-22-30-10-5-6-12-34(30)55-31)59-48(70)41-14-9-20-61(41)49(71)40(21-29-15-17-33(18-16-29)62(72)73)60-46(68)38(57-47(39)69)24-32-26-51-27-53-32/h5-6,10,12,15-18,22,26-27,35-41,55H,3-4,7-9,11,13-14,19-21,23-25H2,1-2H3,(H2,50,65)(H,51,53)(H,52,64)(H,54,63)(H,56,67)(H,57,69)(H,58,66)(H,59,70)(H,60,68)/t35-,36-,37-,38-,39-,40+,41-/m0/s1. The van der Waals surface area contributed by atoms with Crippen LogP contribution in [0.5, 0.6) is 0 Å². The Hall–Kier alpha value is -8.18. The SMILES string of the molecule is CCCC[C@H](NC(C)=O)C(=O)N[C@H]1CC(=O)NCCCC[C@@H](C(N)=O)NC(=O)[C@H](Cc2cc3ccccc3[nH]2)NC(=O)[C@@H]2CCCN2C(=O)[C@@H](Cc2ccc([N+](=O)[O-])cc2)NC(=O)[C@H](Cc2cnc[nH]2)NC1=O. The van der Waals surface area contributed by atoms with Crippen LogP contribution < -0.4 is 43.0 Å². The van der Waals surface area contributed by atoms with Crippen molar-refractivity contribution in [3.05, 3.63) is 94.2 Å². The molecule has 73 heavy (non-hydrogen) atoms. The first kappa shape index (κ1) is 54.2. The number of unbranched alkanes of at least 4 members (excludes halogenated alkanes) is 1. The van der Waals surface area contributed by atoms with Gasteiger partial charge >= 0.3 is 0 Å². The van der Waals surface area contributed by atoms with E-state index in [0.717, 1.165) is 10.9 Å². The third kappa shape index (κ3) is 15.4. The normalized spacial score (nSPS) is 22.4. The van der Waals surface area contributed by atoms with Crippen LogP contribution in [0.3, 0.4) is 0 Å². The number of benzene rings is 2. The molecule has 2 aliphatic rings. The molecular weight excluding hydrogens is 947 g/mol. The minimum Gasteiger partial charge on any atom is -0.368 e. The maximum absolute atomic E-state index is 14.9. The van der Waals surface area contributed by atoms with Gasteiger partial charge in [-0.3, -0.25) is 53.3 Å². The number of fused-ring (bicyclic) bond motifs is 2. The molecule has 4 aromatic rings. The van der Waals surface area contributed by atoms with Crippen LogP contribution in [0.15, 0.2) is 67.1 Å². The number of rotatable bonds is 14. The summed E-state index contributed by atoms with van der Waals surface area (Å²) >= 11 is 0. The minimum atomic E-state index is -1.60. The van der Waals surface area contributed by atoms with Crippen molar-refractivity contribution in [3.63, 3.8) is 0 Å². The van der Waals surface area contributed by atoms with E-state index in [-0.39, 0.29) is 70.1 Å². The van der Waals surface area contributed by atoms with E-state index in [4.69, 9.17) is 5.73 Å². The zero-order chi connectivity index (χ0) is 52.6. The van der Waals surface area contributed by atoms with Gasteiger partial charge in [-0.1, -0.05) is 50.1 Å². The van der Waals surface area contributed by atoms with Gasteiger partial charge in [0.1, 0.15) is 42.3 Å². The number of aromatic nitrogens is 3. The summed E-state index contributed by atoms with van der Waals surface area (Å²) in [5, 5.41) is 31.1. The molecule has 24 nitrogen and oxygen atoms in total. The third-order valence-electron chi connectivity index (χ3n) is 12.8. The van der Waals surface area contributed by atoms with Crippen LogP contribution in [0.2, 0.25) is 0 Å². The van der Waals surface area contributed by atoms with E-state index < -0.39 is 107 Å². The monoisotopic (exact) mass is 1010 g/mol. The molecule has 390 valence electrons. The molecule has 2 saturated heterocycles. The number of non-ortho nitro benzene ring substituents is 1. The summed E-state index contributed by atoms with van der Waals surface area (Å²) in [6.45, 7) is 3.22. The molecule has 11 N–H and O–H groups in total. The number of nitro benzene ring substituents is 1. The van der Waals surface area contributed by atoms with Crippen molar-refractivity contribution in [1.29, 1.82) is 0 Å². The van der Waals surface area contributed by atoms with Crippen LogP contribution in [0.1, 0.15) is 88.6 Å². The van der Waals surface area contributed by atoms with Gasteiger partial charge < -0.3 is 57.8 Å². The molecule has 4 heterocycles. The Morgan fingerprint density at radius 2 is 1.55 bits per heavy atom. The smallest absolute Gasteiger partial charge is 0.269 e. The molecule has 2 aromatic carbocycles. The lowest BCUT2D eigenvalue weighted by Gasteiger charge is -2.31. The van der Waals surface area contributed by atoms with Crippen LogP contribution in [0.4, 0.5) is 5.69 Å². The first-order valence-electron chi connectivity index (χ1n) is 24.4. The van der Waals surface area contributed by atoms with E-state index >= 15 is 0 Å². The topological polar surface area (TPSA) is 355 Å². The predicted molar refractivity (Wildman–Crippen MR) is 263 cm³/mol. The summed E-state index contributed by atoms with van der Waals surface area (Å²) in [6.07, 6.45) is 4.18. The Kier molecular flexibility index (Phi) is 19.1. The van der Waals surface area contributed by atoms with Crippen LogP contribution in [-0.2, 0) is 62.4 Å². The van der Waals surface area contributed by atoms with E-state index in [0.29, 0.717) is 36.2 Å². The van der Waals surface area contributed by atoms with E-state index in [9.17, 15) is 53.3 Å². The van der Waals surface area contributed by atoms with Crippen LogP contribution in [0, 0.1) is 10.1 Å². The van der Waals surface area contributed by atoms with Gasteiger partial charge in [0.2, 0.25) is 53.2 Å². The van der Waals surface area contributed by atoms with E-state index in [2.05, 4.69) is 52.2 Å². The number of nitrogens with zero attached hydrogens (tertiary/aromatic N) is 3. The molecule has 0 unspecified atom stereocenters. The number of amides is 9. The zero-order valence-corrected chi connectivity index (χ0v) is 40.7. The Balaban J connectivity index is 1.37. The van der Waals surface area contributed by atoms with Crippen molar-refractivity contribution in [2.45, 2.75) is 133 Å². The number of carbonyl (C=O) groups is 9. The number of nitrogens with two attached hydrogens (primary N) is 1. The van der Waals surface area contributed by atoms with Crippen molar-refractivity contribution in [3.8, 4) is 0 Å². The number of aromatic amines is 2. The van der Waals surface area contributed by atoms with Crippen LogP contribution in [-0.4, -0.2) is 133 Å². The number of imidazole rings is 1. The number of primary amides is 1. The minimum absolute atomic E-state index is 0.0392. The highest BCUT2D eigenvalue weighted by Gasteiger charge is 2.41. The lowest BCUT2D eigenvalue weighted by atomic mass is 10.0. The maximum Gasteiger partial charge on any atom is 0.269 e. The van der Waals surface area contributed by atoms with Gasteiger partial charge in [-0.25, -0.2) is 4.98 Å². The molecule has 0 aliphatic carbocycles. The molecular formula is C49H63N13O11. The fraction of sp³-hybridized carbons (Fsp3) is 0.469. The molecule has 7 atom stereocenters. The maximum atomic E-state index is 14.9. The van der Waals surface area contributed by atoms with Crippen molar-refractivity contribution in [2.24, 2.45) is 5.73 Å². The van der Waals surface area contributed by atoms with Gasteiger partial charge in [-0.05, 0) is 61.6 Å². The van der Waals surface area contributed by atoms with Gasteiger partial charge in [-0.15, -0.1) is 0 Å². The first-order chi connectivity index (χ1) is 35.0. The van der Waals surface area contributed by atoms with E-state index in [1.54, 1.807) is 0 Å². The summed E-state index contributed by atoms with van der Waals surface area (Å²) in [7, 11) is 0. The number of nitrogens with one attached hydrogen (secondary N) is 9. The Morgan fingerprint density at radius 1 is 0.849 bits per heavy atom. The quantitative estimate of drug-likeness (QED) is 0.0595. The molecule has 0 spiro atoms. The number of nitro groups is 1. The lowest BCUT2D eigenvalue weighted by molar-refractivity contribution is -0.384. The van der Waals surface area contributed by atoms with Gasteiger partial charge in [-0.2, -0.15) is 0 Å². The van der Waals surface area contributed by atoms with Gasteiger partial charge in [0, 0.05) is 74.5 Å². The second kappa shape index (κ2) is 25.8. The highest BCUT2D eigenvalue weighted by molar-refractivity contribution is 5.99. The highest BCUT2D eigenvalue weighted by atomic mass is 16.6. The van der Waals surface area contributed by atoms with Gasteiger partial charge in [0.25, 0.3) is 5.69 Å². The molecule has 6 rings (SSSR count). The second-order valence-electron chi connectivity index (χ2n) is 18.3. The fourth-order valence-electron chi connectivity index (χ4n) is 8.92. The Bertz CT molecular complexity index is 2600. The van der Waals surface area contributed by atoms with Crippen molar-refractivity contribution in [1.82, 2.24) is 57.1 Å². The predicted octanol–water partition coefficient (Wildman–Crippen LogP) is 0.113. The molecule has 0 radical (unpaired) electrons. The molecule has 9 amide bonds. The molecule has 2 aliphatic heterocycles. The average molecular weight is 1010 g/mol. The molecule has 24 heteroatoms. The Morgan fingerprint density at radius 3 is 2.22 bits per heavy atom. The van der Waals surface area contributed by atoms with Crippen molar-refractivity contribution < 1.29 is 48.1 Å². The first-order valence-corrected chi connectivity index (χ1v) is 24.4. The number of hydrogen-bond donors (Lipinski definition) is 10. The second-order valence-corrected chi connectivity index (χ2v) is 18.3. The largest absolute Gasteiger partial charge is 0.368 e. The number of H-pyrrole nitrogens is 2. The van der Waals surface area contributed by atoms with Crippen molar-refractivity contribution >= 4 is 69.8 Å². The summed E-state index contributed by atoms with van der Waals surface area (Å²) in [4.78, 5) is 147. The summed E-state index contributed by atoms with van der Waals surface area (Å²) in [5.41, 5.74) is 7.67. The summed E-state index contributed by atoms with van der Waals surface area (Å²) in [6, 6.07) is 5.29. The molecule has 2 fully saturated rings. The fourth-order valence-corrected chi connectivity index (χ4v) is 8.92. The van der Waals surface area contributed by atoms with Gasteiger partial charge in [0.15, 0.2) is 0 Å². The Labute approximate surface area is 420 Å². The molecule has 2 aromatic heterocycles. The van der Waals surface area contributed by atoms with Gasteiger partial charge in [0.05, 0.1) is 17.7 Å². The highest BCUT2D eigenvalue weighted by Crippen LogP contribution is 2.23.